The molecule has 0 spiro atoms. The molecular weight excluding hydrogens is 417 g/mol. The predicted octanol–water partition coefficient (Wildman–Crippen LogP) is 4.74. The fraction of sp³-hybridized carbons (Fsp3) is 1.00. The first-order valence-corrected chi connectivity index (χ1v) is 11.6. The molecule has 1 nitrogen and oxygen atoms in total. The van der Waals surface area contributed by atoms with E-state index in [1.54, 1.807) is 0 Å². The van der Waals surface area contributed by atoms with Gasteiger partial charge in [-0.05, 0) is 32.1 Å². The summed E-state index contributed by atoms with van der Waals surface area (Å²) < 4.78 is 1.44. The van der Waals surface area contributed by atoms with Gasteiger partial charge in [-0.1, -0.05) is 91.9 Å². The zero-order valence-corrected chi connectivity index (χ0v) is 20.4. The maximum absolute atomic E-state index is 2.35. The van der Waals surface area contributed by atoms with Crippen LogP contribution in [0.1, 0.15) is 124 Å². The van der Waals surface area contributed by atoms with Crippen molar-refractivity contribution in [3.05, 3.63) is 0 Å². The van der Waals surface area contributed by atoms with Crippen molar-refractivity contribution in [2.24, 2.45) is 0 Å². The second kappa shape index (κ2) is 21.0. The van der Waals surface area contributed by atoms with Gasteiger partial charge < -0.3 is 28.5 Å². The summed E-state index contributed by atoms with van der Waals surface area (Å²) in [6.07, 6.45) is 21.4. The Bertz CT molecular complexity index is 220. The van der Waals surface area contributed by atoms with E-state index in [4.69, 9.17) is 0 Å². The molecule has 0 aromatic rings. The molecule has 0 fully saturated rings. The molecule has 0 bridgehead atoms. The Balaban J connectivity index is 0. The molecule has 0 heterocycles. The van der Waals surface area contributed by atoms with E-state index in [9.17, 15) is 0 Å². The van der Waals surface area contributed by atoms with Gasteiger partial charge in [0.25, 0.3) is 0 Å². The molecule has 0 rings (SSSR count). The smallest absolute Gasteiger partial charge is 0.0786 e. The Kier molecular flexibility index (Phi) is 23.4. The molecule has 0 amide bonds. The molecule has 0 atom stereocenters. The standard InChI is InChI=1S/C23H50N.HI/c1-5-9-13-14-15-16-17-18-19-23-24(20-10-6-2,21-11-7-3)22-12-8-4;/h5-23H2,1-4H3;1H/q+1;/p-1. The van der Waals surface area contributed by atoms with Crippen molar-refractivity contribution in [1.82, 2.24) is 0 Å². The lowest BCUT2D eigenvalue weighted by molar-refractivity contribution is -0.929. The quantitative estimate of drug-likeness (QED) is 0.146. The van der Waals surface area contributed by atoms with Gasteiger partial charge >= 0.3 is 0 Å². The Morgan fingerprint density at radius 1 is 0.360 bits per heavy atom. The number of quaternary nitrogens is 1. The minimum atomic E-state index is 0. The van der Waals surface area contributed by atoms with Crippen LogP contribution >= 0.6 is 0 Å². The third-order valence-electron chi connectivity index (χ3n) is 5.69. The molecular formula is C23H50IN. The number of nitrogens with zero attached hydrogens (tertiary/aromatic N) is 1. The lowest BCUT2D eigenvalue weighted by Crippen LogP contribution is -3.00. The highest BCUT2D eigenvalue weighted by Gasteiger charge is 2.24. The summed E-state index contributed by atoms with van der Waals surface area (Å²) in [6.45, 7) is 15.1. The molecule has 0 unspecified atom stereocenters. The fourth-order valence-corrected chi connectivity index (χ4v) is 3.91. The lowest BCUT2D eigenvalue weighted by Gasteiger charge is -2.39. The van der Waals surface area contributed by atoms with Gasteiger partial charge in [-0.3, -0.25) is 0 Å². The van der Waals surface area contributed by atoms with Gasteiger partial charge in [-0.25, -0.2) is 0 Å². The molecule has 2 heteroatoms. The average Bonchev–Trinajstić information content (AvgIpc) is 2.61. The van der Waals surface area contributed by atoms with E-state index in [0.29, 0.717) is 0 Å². The Morgan fingerprint density at radius 3 is 1.00 bits per heavy atom. The highest BCUT2D eigenvalue weighted by atomic mass is 127. The van der Waals surface area contributed by atoms with Gasteiger partial charge in [0.05, 0.1) is 26.2 Å². The number of hydrogen-bond acceptors (Lipinski definition) is 0. The molecule has 0 aromatic heterocycles. The normalized spacial score (nSPS) is 11.5. The lowest BCUT2D eigenvalue weighted by atomic mass is 10.1. The summed E-state index contributed by atoms with van der Waals surface area (Å²) in [5.41, 5.74) is 0. The van der Waals surface area contributed by atoms with Crippen molar-refractivity contribution in [1.29, 1.82) is 0 Å². The SMILES string of the molecule is CCCCCCCCCCC[N+](CCCC)(CCCC)CCCC.[I-]. The summed E-state index contributed by atoms with van der Waals surface area (Å²) in [7, 11) is 0. The number of halogens is 1. The Labute approximate surface area is 178 Å². The van der Waals surface area contributed by atoms with Crippen LogP contribution in [0.2, 0.25) is 0 Å². The van der Waals surface area contributed by atoms with Crippen LogP contribution in [0.15, 0.2) is 0 Å². The van der Waals surface area contributed by atoms with Crippen LogP contribution in [0.5, 0.6) is 0 Å². The van der Waals surface area contributed by atoms with E-state index < -0.39 is 0 Å². The summed E-state index contributed by atoms with van der Waals surface area (Å²) in [4.78, 5) is 0. The number of unbranched alkanes of at least 4 members (excludes halogenated alkanes) is 11. The zero-order valence-electron chi connectivity index (χ0n) is 18.3. The van der Waals surface area contributed by atoms with Crippen molar-refractivity contribution in [3.63, 3.8) is 0 Å². The van der Waals surface area contributed by atoms with Crippen molar-refractivity contribution in [2.45, 2.75) is 124 Å². The molecule has 0 saturated carbocycles. The van der Waals surface area contributed by atoms with Crippen molar-refractivity contribution < 1.29 is 28.5 Å². The summed E-state index contributed by atoms with van der Waals surface area (Å²) in [5.74, 6) is 0. The van der Waals surface area contributed by atoms with E-state index >= 15 is 0 Å². The van der Waals surface area contributed by atoms with Gasteiger partial charge in [0.2, 0.25) is 0 Å². The van der Waals surface area contributed by atoms with Gasteiger partial charge in [0.1, 0.15) is 0 Å². The van der Waals surface area contributed by atoms with Crippen molar-refractivity contribution >= 4 is 0 Å². The molecule has 0 N–H and O–H groups in total. The third-order valence-corrected chi connectivity index (χ3v) is 5.69. The van der Waals surface area contributed by atoms with Gasteiger partial charge in [-0.15, -0.1) is 0 Å². The van der Waals surface area contributed by atoms with Crippen LogP contribution in [0.3, 0.4) is 0 Å². The first-order valence-electron chi connectivity index (χ1n) is 11.6. The molecule has 0 saturated heterocycles. The molecule has 0 aliphatic rings. The Morgan fingerprint density at radius 2 is 0.640 bits per heavy atom. The first-order chi connectivity index (χ1) is 11.7. The summed E-state index contributed by atoms with van der Waals surface area (Å²) >= 11 is 0. The number of hydrogen-bond donors (Lipinski definition) is 0. The van der Waals surface area contributed by atoms with Gasteiger partial charge in [0.15, 0.2) is 0 Å². The molecule has 0 radical (unpaired) electrons. The molecule has 0 aliphatic heterocycles. The number of rotatable bonds is 19. The van der Waals surface area contributed by atoms with Crippen LogP contribution < -0.4 is 24.0 Å². The van der Waals surface area contributed by atoms with Crippen LogP contribution in [-0.4, -0.2) is 30.7 Å². The van der Waals surface area contributed by atoms with Gasteiger partial charge in [0, 0.05) is 0 Å². The van der Waals surface area contributed by atoms with Crippen LogP contribution in [0.25, 0.3) is 0 Å². The van der Waals surface area contributed by atoms with Crippen LogP contribution in [-0.2, 0) is 0 Å². The van der Waals surface area contributed by atoms with Crippen LogP contribution in [0, 0.1) is 0 Å². The minimum Gasteiger partial charge on any atom is -1.00 e. The molecule has 154 valence electrons. The van der Waals surface area contributed by atoms with Crippen LogP contribution in [0.4, 0.5) is 0 Å². The van der Waals surface area contributed by atoms with Crippen molar-refractivity contribution in [2.75, 3.05) is 26.2 Å². The molecule has 25 heavy (non-hydrogen) atoms. The average molecular weight is 468 g/mol. The van der Waals surface area contributed by atoms with Crippen molar-refractivity contribution in [3.8, 4) is 0 Å². The molecule has 0 aromatic carbocycles. The monoisotopic (exact) mass is 467 g/mol. The predicted molar refractivity (Wildman–Crippen MR) is 112 cm³/mol. The zero-order chi connectivity index (χ0) is 17.9. The third kappa shape index (κ3) is 16.6. The maximum Gasteiger partial charge on any atom is 0.0786 e. The van der Waals surface area contributed by atoms with E-state index in [1.807, 2.05) is 0 Å². The van der Waals surface area contributed by atoms with E-state index in [1.165, 1.54) is 127 Å². The highest BCUT2D eigenvalue weighted by molar-refractivity contribution is 4.52. The van der Waals surface area contributed by atoms with Gasteiger partial charge in [-0.2, -0.15) is 0 Å². The minimum absolute atomic E-state index is 0. The van der Waals surface area contributed by atoms with E-state index in [2.05, 4.69) is 27.7 Å². The second-order valence-corrected chi connectivity index (χ2v) is 8.13. The largest absolute Gasteiger partial charge is 1.00 e. The highest BCUT2D eigenvalue weighted by Crippen LogP contribution is 2.18. The Hall–Kier alpha value is 0.690. The summed E-state index contributed by atoms with van der Waals surface area (Å²) in [5, 5.41) is 0. The summed E-state index contributed by atoms with van der Waals surface area (Å²) in [6, 6.07) is 0. The van der Waals surface area contributed by atoms with E-state index in [0.717, 1.165) is 0 Å². The topological polar surface area (TPSA) is 0 Å². The second-order valence-electron chi connectivity index (χ2n) is 8.13. The van der Waals surface area contributed by atoms with E-state index in [-0.39, 0.29) is 24.0 Å². The fourth-order valence-electron chi connectivity index (χ4n) is 3.91. The first kappa shape index (κ1) is 27.9. The maximum atomic E-state index is 2.35. The molecule has 0 aliphatic carbocycles.